The molecule has 1 amide bonds. The summed E-state index contributed by atoms with van der Waals surface area (Å²) in [6, 6.07) is 6.39. The van der Waals surface area contributed by atoms with Crippen molar-refractivity contribution in [1.29, 1.82) is 0 Å². The Kier molecular flexibility index (Phi) is 4.95. The number of benzene rings is 1. The molecular formula is C20H29N3O. The summed E-state index contributed by atoms with van der Waals surface area (Å²) in [6.07, 6.45) is 4.75. The molecule has 1 aliphatic carbocycles. The summed E-state index contributed by atoms with van der Waals surface area (Å²) in [5.74, 6) is 0.523. The van der Waals surface area contributed by atoms with E-state index in [2.05, 4.69) is 55.3 Å². The van der Waals surface area contributed by atoms with Crippen molar-refractivity contribution >= 4 is 16.8 Å². The number of nitrogens with one attached hydrogen (secondary N) is 2. The molecule has 130 valence electrons. The van der Waals surface area contributed by atoms with Crippen LogP contribution in [0.1, 0.15) is 48.3 Å². The van der Waals surface area contributed by atoms with Crippen LogP contribution >= 0.6 is 0 Å². The van der Waals surface area contributed by atoms with E-state index >= 15 is 0 Å². The highest BCUT2D eigenvalue weighted by Crippen LogP contribution is 2.29. The summed E-state index contributed by atoms with van der Waals surface area (Å²) < 4.78 is 0. The number of fused-ring (bicyclic) bond motifs is 3. The predicted molar refractivity (Wildman–Crippen MR) is 99.6 cm³/mol. The van der Waals surface area contributed by atoms with Crippen LogP contribution in [0.2, 0.25) is 0 Å². The van der Waals surface area contributed by atoms with Crippen molar-refractivity contribution in [2.45, 2.75) is 45.6 Å². The highest BCUT2D eigenvalue weighted by molar-refractivity contribution is 5.99. The molecule has 0 spiro atoms. The lowest BCUT2D eigenvalue weighted by atomic mass is 9.95. The number of carbonyl (C=O) groups excluding carboxylic acids is 1. The van der Waals surface area contributed by atoms with Crippen LogP contribution in [-0.4, -0.2) is 42.5 Å². The Balaban J connectivity index is 1.77. The van der Waals surface area contributed by atoms with Gasteiger partial charge in [-0.3, -0.25) is 4.79 Å². The average Bonchev–Trinajstić information content (AvgIpc) is 2.92. The summed E-state index contributed by atoms with van der Waals surface area (Å²) in [7, 11) is 4.13. The first-order chi connectivity index (χ1) is 11.5. The van der Waals surface area contributed by atoms with Crippen LogP contribution in [0.3, 0.4) is 0 Å². The van der Waals surface area contributed by atoms with E-state index in [4.69, 9.17) is 0 Å². The maximum Gasteiger partial charge on any atom is 0.251 e. The zero-order valence-electron chi connectivity index (χ0n) is 15.3. The molecule has 3 rings (SSSR count). The summed E-state index contributed by atoms with van der Waals surface area (Å²) in [5.41, 5.74) is 4.70. The maximum absolute atomic E-state index is 12.6. The summed E-state index contributed by atoms with van der Waals surface area (Å²) in [5, 5.41) is 4.34. The van der Waals surface area contributed by atoms with Crippen molar-refractivity contribution < 1.29 is 4.79 Å². The largest absolute Gasteiger partial charge is 0.358 e. The number of hydrogen-bond donors (Lipinski definition) is 2. The Labute approximate surface area is 144 Å². The van der Waals surface area contributed by atoms with E-state index in [1.165, 1.54) is 29.5 Å². The van der Waals surface area contributed by atoms with Gasteiger partial charge >= 0.3 is 0 Å². The van der Waals surface area contributed by atoms with Crippen molar-refractivity contribution in [2.75, 3.05) is 20.6 Å². The smallest absolute Gasteiger partial charge is 0.251 e. The van der Waals surface area contributed by atoms with Crippen molar-refractivity contribution in [1.82, 2.24) is 15.2 Å². The lowest BCUT2D eigenvalue weighted by Gasteiger charge is -2.28. The molecule has 1 atom stereocenters. The molecule has 0 saturated heterocycles. The molecule has 1 unspecified atom stereocenters. The SMILES string of the molecule is CC(C)C(CNC(=O)c1ccc2[nH]c3c(c2c1)CCCC3)N(C)C. The van der Waals surface area contributed by atoms with Crippen molar-refractivity contribution in [3.05, 3.63) is 35.0 Å². The third-order valence-electron chi connectivity index (χ3n) is 5.26. The standard InChI is InChI=1S/C20H29N3O/c1-13(2)19(23(3)4)12-21-20(24)14-9-10-18-16(11-14)15-7-5-6-8-17(15)22-18/h9-11,13,19,22H,5-8,12H2,1-4H3,(H,21,24). The number of rotatable bonds is 5. The van der Waals surface area contributed by atoms with Crippen molar-refractivity contribution in [3.8, 4) is 0 Å². The summed E-state index contributed by atoms with van der Waals surface area (Å²) in [4.78, 5) is 18.3. The van der Waals surface area contributed by atoms with E-state index in [0.29, 0.717) is 18.5 Å². The molecule has 4 heteroatoms. The first-order valence-corrected chi connectivity index (χ1v) is 9.05. The van der Waals surface area contributed by atoms with Gasteiger partial charge in [0.1, 0.15) is 0 Å². The first kappa shape index (κ1) is 17.0. The number of H-pyrrole nitrogens is 1. The Morgan fingerprint density at radius 3 is 2.71 bits per heavy atom. The second-order valence-electron chi connectivity index (χ2n) is 7.53. The number of hydrogen-bond acceptors (Lipinski definition) is 2. The van der Waals surface area contributed by atoms with Crippen molar-refractivity contribution in [2.24, 2.45) is 5.92 Å². The molecular weight excluding hydrogens is 298 g/mol. The Morgan fingerprint density at radius 1 is 1.25 bits per heavy atom. The minimum Gasteiger partial charge on any atom is -0.358 e. The molecule has 1 aliphatic rings. The second kappa shape index (κ2) is 6.98. The van der Waals surface area contributed by atoms with Crippen LogP contribution in [0.15, 0.2) is 18.2 Å². The number of aromatic amines is 1. The van der Waals surface area contributed by atoms with Gasteiger partial charge in [-0.05, 0) is 69.5 Å². The fourth-order valence-corrected chi connectivity index (χ4v) is 3.86. The zero-order valence-corrected chi connectivity index (χ0v) is 15.3. The molecule has 0 radical (unpaired) electrons. The average molecular weight is 327 g/mol. The number of nitrogens with zero attached hydrogens (tertiary/aromatic N) is 1. The molecule has 1 heterocycles. The topological polar surface area (TPSA) is 48.1 Å². The molecule has 1 aromatic heterocycles. The van der Waals surface area contributed by atoms with Crippen LogP contribution in [0.25, 0.3) is 10.9 Å². The second-order valence-corrected chi connectivity index (χ2v) is 7.53. The van der Waals surface area contributed by atoms with Gasteiger partial charge in [0, 0.05) is 34.7 Å². The molecule has 0 saturated carbocycles. The first-order valence-electron chi connectivity index (χ1n) is 9.05. The van der Waals surface area contributed by atoms with Gasteiger partial charge in [-0.2, -0.15) is 0 Å². The van der Waals surface area contributed by atoms with Crippen LogP contribution in [0, 0.1) is 5.92 Å². The Hall–Kier alpha value is -1.81. The number of likely N-dealkylation sites (N-methyl/N-ethyl adjacent to an activating group) is 1. The Bertz CT molecular complexity index is 722. The molecule has 2 N–H and O–H groups in total. The van der Waals surface area contributed by atoms with E-state index in [9.17, 15) is 4.79 Å². The maximum atomic E-state index is 12.6. The van der Waals surface area contributed by atoms with Gasteiger partial charge in [-0.15, -0.1) is 0 Å². The minimum absolute atomic E-state index is 0.0233. The van der Waals surface area contributed by atoms with Crippen LogP contribution in [0.5, 0.6) is 0 Å². The lowest BCUT2D eigenvalue weighted by Crippen LogP contribution is -2.43. The van der Waals surface area contributed by atoms with Gasteiger partial charge < -0.3 is 15.2 Å². The minimum atomic E-state index is 0.0233. The summed E-state index contributed by atoms with van der Waals surface area (Å²) in [6.45, 7) is 5.05. The van der Waals surface area contributed by atoms with Gasteiger partial charge in [0.05, 0.1) is 0 Å². The monoisotopic (exact) mass is 327 g/mol. The fraction of sp³-hybridized carbons (Fsp3) is 0.550. The normalized spacial score (nSPS) is 15.8. The zero-order chi connectivity index (χ0) is 17.3. The Morgan fingerprint density at radius 2 is 2.00 bits per heavy atom. The van der Waals surface area contributed by atoms with E-state index < -0.39 is 0 Å². The van der Waals surface area contributed by atoms with E-state index in [1.807, 2.05) is 6.07 Å². The molecule has 0 bridgehead atoms. The lowest BCUT2D eigenvalue weighted by molar-refractivity contribution is 0.0935. The van der Waals surface area contributed by atoms with Gasteiger partial charge in [0.2, 0.25) is 0 Å². The van der Waals surface area contributed by atoms with Crippen LogP contribution in [-0.2, 0) is 12.8 Å². The predicted octanol–water partition coefficient (Wildman–Crippen LogP) is 3.36. The van der Waals surface area contributed by atoms with E-state index in [1.54, 1.807) is 0 Å². The molecule has 1 aromatic carbocycles. The summed E-state index contributed by atoms with van der Waals surface area (Å²) >= 11 is 0. The van der Waals surface area contributed by atoms with Crippen LogP contribution in [0.4, 0.5) is 0 Å². The van der Waals surface area contributed by atoms with E-state index in [-0.39, 0.29) is 5.91 Å². The quantitative estimate of drug-likeness (QED) is 0.884. The van der Waals surface area contributed by atoms with Gasteiger partial charge in [0.15, 0.2) is 0 Å². The molecule has 4 nitrogen and oxygen atoms in total. The molecule has 24 heavy (non-hydrogen) atoms. The van der Waals surface area contributed by atoms with Crippen molar-refractivity contribution in [3.63, 3.8) is 0 Å². The van der Waals surface area contributed by atoms with E-state index in [0.717, 1.165) is 23.9 Å². The van der Waals surface area contributed by atoms with Gasteiger partial charge in [-0.1, -0.05) is 13.8 Å². The number of aromatic nitrogens is 1. The molecule has 2 aromatic rings. The third kappa shape index (κ3) is 3.34. The number of aryl methyl sites for hydroxylation is 2. The highest BCUT2D eigenvalue weighted by Gasteiger charge is 2.19. The molecule has 0 aliphatic heterocycles. The fourth-order valence-electron chi connectivity index (χ4n) is 3.86. The number of amides is 1. The van der Waals surface area contributed by atoms with Gasteiger partial charge in [0.25, 0.3) is 5.91 Å². The molecule has 0 fully saturated rings. The third-order valence-corrected chi connectivity index (χ3v) is 5.26. The van der Waals surface area contributed by atoms with Gasteiger partial charge in [-0.25, -0.2) is 0 Å². The highest BCUT2D eigenvalue weighted by atomic mass is 16.1. The van der Waals surface area contributed by atoms with Crippen LogP contribution < -0.4 is 5.32 Å². The number of carbonyl (C=O) groups is 1.